The molecule has 1 unspecified atom stereocenters. The van der Waals surface area contributed by atoms with Crippen LogP contribution in [0.3, 0.4) is 0 Å². The minimum atomic E-state index is -0.648. The first-order valence-corrected chi connectivity index (χ1v) is 10.8. The topological polar surface area (TPSA) is 141 Å². The van der Waals surface area contributed by atoms with Crippen molar-refractivity contribution in [3.63, 3.8) is 0 Å². The molecule has 2 aromatic carbocycles. The molecule has 3 heterocycles. The molecule has 0 saturated carbocycles. The van der Waals surface area contributed by atoms with Crippen LogP contribution in [-0.4, -0.2) is 38.8 Å². The number of nitrogens with zero attached hydrogens (tertiary/aromatic N) is 4. The molecular weight excluding hydrogens is 460 g/mol. The van der Waals surface area contributed by atoms with E-state index in [1.807, 2.05) is 18.2 Å². The molecule has 5 rings (SSSR count). The lowest BCUT2D eigenvalue weighted by Gasteiger charge is -2.29. The lowest BCUT2D eigenvalue weighted by molar-refractivity contribution is -0.136. The Morgan fingerprint density at radius 1 is 1.24 bits per heavy atom. The van der Waals surface area contributed by atoms with Gasteiger partial charge in [-0.1, -0.05) is 28.9 Å². The van der Waals surface area contributed by atoms with Gasteiger partial charge in [-0.2, -0.15) is 10.2 Å². The van der Waals surface area contributed by atoms with Crippen LogP contribution >= 0.6 is 11.6 Å². The van der Waals surface area contributed by atoms with Crippen molar-refractivity contribution in [1.29, 1.82) is 5.26 Å². The van der Waals surface area contributed by atoms with E-state index in [1.54, 1.807) is 24.3 Å². The average Bonchev–Trinajstić information content (AvgIpc) is 3.43. The number of hydrogen-bond acceptors (Lipinski definition) is 8. The van der Waals surface area contributed by atoms with Crippen LogP contribution in [0.15, 0.2) is 40.9 Å². The van der Waals surface area contributed by atoms with Gasteiger partial charge in [0.2, 0.25) is 17.6 Å². The van der Waals surface area contributed by atoms with E-state index in [9.17, 15) is 14.4 Å². The molecule has 1 saturated heterocycles. The van der Waals surface area contributed by atoms with Crippen LogP contribution in [0.1, 0.15) is 39.9 Å². The van der Waals surface area contributed by atoms with E-state index in [-0.39, 0.29) is 24.2 Å². The number of nitriles is 1. The second-order valence-corrected chi connectivity index (χ2v) is 8.38. The van der Waals surface area contributed by atoms with Crippen LogP contribution in [0.4, 0.5) is 6.01 Å². The van der Waals surface area contributed by atoms with E-state index < -0.39 is 11.9 Å². The first-order chi connectivity index (χ1) is 16.4. The SMILES string of the molecule is N#Cc1cc(-c2noc(NCc3ccc4c(c3)CN(C3CCC(=O)NC3=O)C4=O)n2)ccc1Cl. The summed E-state index contributed by atoms with van der Waals surface area (Å²) < 4.78 is 5.25. The predicted octanol–water partition coefficient (Wildman–Crippen LogP) is 2.63. The number of hydrogen-bond donors (Lipinski definition) is 2. The third-order valence-electron chi connectivity index (χ3n) is 5.80. The summed E-state index contributed by atoms with van der Waals surface area (Å²) >= 11 is 5.97. The highest BCUT2D eigenvalue weighted by Gasteiger charge is 2.39. The molecule has 170 valence electrons. The summed E-state index contributed by atoms with van der Waals surface area (Å²) in [4.78, 5) is 42.2. The first-order valence-electron chi connectivity index (χ1n) is 10.5. The summed E-state index contributed by atoms with van der Waals surface area (Å²) in [7, 11) is 0. The predicted molar refractivity (Wildman–Crippen MR) is 119 cm³/mol. The van der Waals surface area contributed by atoms with Crippen molar-refractivity contribution >= 4 is 35.3 Å². The standard InChI is InChI=1S/C23H17ClN6O4/c24-17-4-2-13(8-14(17)9-25)20-28-23(34-29-20)26-10-12-1-3-16-15(7-12)11-30(22(16)33)18-5-6-19(31)27-21(18)32/h1-4,7-8,18H,5-6,10-11H2,(H,26,28,29)(H,27,31,32). The Hall–Kier alpha value is -4.23. The van der Waals surface area contributed by atoms with Gasteiger partial charge in [0.25, 0.3) is 5.91 Å². The van der Waals surface area contributed by atoms with Crippen LogP contribution < -0.4 is 10.6 Å². The second-order valence-electron chi connectivity index (χ2n) is 7.97. The normalized spacial score (nSPS) is 17.4. The Balaban J connectivity index is 1.26. The maximum Gasteiger partial charge on any atom is 0.322 e. The van der Waals surface area contributed by atoms with Crippen LogP contribution in [0.5, 0.6) is 0 Å². The van der Waals surface area contributed by atoms with Gasteiger partial charge in [-0.15, -0.1) is 0 Å². The summed E-state index contributed by atoms with van der Waals surface area (Å²) in [6.07, 6.45) is 0.535. The van der Waals surface area contributed by atoms with Gasteiger partial charge >= 0.3 is 6.01 Å². The zero-order valence-electron chi connectivity index (χ0n) is 17.7. The van der Waals surface area contributed by atoms with Gasteiger partial charge in [-0.3, -0.25) is 19.7 Å². The Labute approximate surface area is 198 Å². The highest BCUT2D eigenvalue weighted by Crippen LogP contribution is 2.29. The zero-order chi connectivity index (χ0) is 23.8. The molecule has 1 aromatic heterocycles. The molecule has 0 aliphatic carbocycles. The van der Waals surface area contributed by atoms with Crippen molar-refractivity contribution in [2.24, 2.45) is 0 Å². The number of rotatable bonds is 5. The summed E-state index contributed by atoms with van der Waals surface area (Å²) in [5.74, 6) is -0.654. The van der Waals surface area contributed by atoms with Gasteiger partial charge in [-0.25, -0.2) is 0 Å². The number of fused-ring (bicyclic) bond motifs is 1. The van der Waals surface area contributed by atoms with Crippen LogP contribution in [0.2, 0.25) is 5.02 Å². The zero-order valence-corrected chi connectivity index (χ0v) is 18.4. The fraction of sp³-hybridized carbons (Fsp3) is 0.217. The fourth-order valence-electron chi connectivity index (χ4n) is 4.08. The third-order valence-corrected chi connectivity index (χ3v) is 6.13. The van der Waals surface area contributed by atoms with Gasteiger partial charge in [0.1, 0.15) is 12.1 Å². The van der Waals surface area contributed by atoms with Crippen molar-refractivity contribution in [3.05, 3.63) is 63.7 Å². The Morgan fingerprint density at radius 3 is 2.88 bits per heavy atom. The summed E-state index contributed by atoms with van der Waals surface area (Å²) in [6, 6.07) is 11.9. The third kappa shape index (κ3) is 3.97. The Kier molecular flexibility index (Phi) is 5.47. The van der Waals surface area contributed by atoms with E-state index in [1.165, 1.54) is 4.90 Å². The maximum atomic E-state index is 12.8. The molecule has 0 radical (unpaired) electrons. The molecule has 2 aliphatic heterocycles. The number of benzene rings is 2. The first kappa shape index (κ1) is 21.6. The number of anilines is 1. The van der Waals surface area contributed by atoms with Gasteiger partial charge in [0, 0.05) is 30.6 Å². The molecule has 1 fully saturated rings. The highest BCUT2D eigenvalue weighted by atomic mass is 35.5. The largest absolute Gasteiger partial charge is 0.334 e. The molecule has 2 aliphatic rings. The van der Waals surface area contributed by atoms with E-state index in [4.69, 9.17) is 21.4 Å². The lowest BCUT2D eigenvalue weighted by atomic mass is 10.0. The van der Waals surface area contributed by atoms with Gasteiger partial charge in [0.05, 0.1) is 10.6 Å². The quantitative estimate of drug-likeness (QED) is 0.535. The average molecular weight is 477 g/mol. The van der Waals surface area contributed by atoms with E-state index >= 15 is 0 Å². The minimum absolute atomic E-state index is 0.199. The van der Waals surface area contributed by atoms with Crippen LogP contribution in [0.25, 0.3) is 11.4 Å². The van der Waals surface area contributed by atoms with E-state index in [0.29, 0.717) is 47.0 Å². The highest BCUT2D eigenvalue weighted by molar-refractivity contribution is 6.31. The molecule has 2 N–H and O–H groups in total. The molecular formula is C23H17ClN6O4. The van der Waals surface area contributed by atoms with Crippen molar-refractivity contribution in [2.45, 2.75) is 32.0 Å². The van der Waals surface area contributed by atoms with E-state index in [0.717, 1.165) is 11.1 Å². The number of carbonyl (C=O) groups is 3. The molecule has 0 spiro atoms. The van der Waals surface area contributed by atoms with Crippen LogP contribution in [0, 0.1) is 11.3 Å². The fourth-order valence-corrected chi connectivity index (χ4v) is 4.24. The summed E-state index contributed by atoms with van der Waals surface area (Å²) in [5.41, 5.74) is 3.16. The summed E-state index contributed by atoms with van der Waals surface area (Å²) in [6.45, 7) is 0.669. The van der Waals surface area contributed by atoms with Gasteiger partial charge < -0.3 is 14.7 Å². The molecule has 10 nitrogen and oxygen atoms in total. The summed E-state index contributed by atoms with van der Waals surface area (Å²) in [5, 5.41) is 18.8. The molecule has 1 atom stereocenters. The molecule has 3 amide bonds. The number of imide groups is 1. The monoisotopic (exact) mass is 476 g/mol. The number of amides is 3. The minimum Gasteiger partial charge on any atom is -0.334 e. The van der Waals surface area contributed by atoms with Crippen molar-refractivity contribution in [3.8, 4) is 17.5 Å². The number of piperidine rings is 1. The van der Waals surface area contributed by atoms with Crippen LogP contribution in [-0.2, 0) is 22.7 Å². The smallest absolute Gasteiger partial charge is 0.322 e. The number of aromatic nitrogens is 2. The molecule has 11 heteroatoms. The number of halogens is 1. The number of nitrogens with one attached hydrogen (secondary N) is 2. The lowest BCUT2D eigenvalue weighted by Crippen LogP contribution is -2.52. The van der Waals surface area contributed by atoms with Crippen molar-refractivity contribution in [1.82, 2.24) is 20.4 Å². The Morgan fingerprint density at radius 2 is 2.09 bits per heavy atom. The van der Waals surface area contributed by atoms with Crippen molar-refractivity contribution in [2.75, 3.05) is 5.32 Å². The Bertz CT molecular complexity index is 1380. The van der Waals surface area contributed by atoms with Crippen molar-refractivity contribution < 1.29 is 18.9 Å². The van der Waals surface area contributed by atoms with Gasteiger partial charge in [0.15, 0.2) is 0 Å². The van der Waals surface area contributed by atoms with E-state index in [2.05, 4.69) is 20.8 Å². The molecule has 3 aromatic rings. The molecule has 34 heavy (non-hydrogen) atoms. The number of carbonyl (C=O) groups excluding carboxylic acids is 3. The maximum absolute atomic E-state index is 12.8. The second kappa shape index (κ2) is 8.61. The molecule has 0 bridgehead atoms. The van der Waals surface area contributed by atoms with Gasteiger partial charge in [-0.05, 0) is 41.8 Å².